The lowest BCUT2D eigenvalue weighted by Crippen LogP contribution is -2.42. The lowest BCUT2D eigenvalue weighted by Gasteiger charge is -2.32. The van der Waals surface area contributed by atoms with E-state index < -0.39 is 20.9 Å². The summed E-state index contributed by atoms with van der Waals surface area (Å²) < 4.78 is 33.7. The van der Waals surface area contributed by atoms with Gasteiger partial charge in [-0.05, 0) is 49.9 Å². The van der Waals surface area contributed by atoms with Crippen molar-refractivity contribution in [2.24, 2.45) is 0 Å². The van der Waals surface area contributed by atoms with E-state index in [0.717, 1.165) is 24.8 Å². The summed E-state index contributed by atoms with van der Waals surface area (Å²) in [5.74, 6) is -0.230. The molecule has 1 fully saturated rings. The Labute approximate surface area is 186 Å². The summed E-state index contributed by atoms with van der Waals surface area (Å²) in [6, 6.07) is 8.69. The van der Waals surface area contributed by atoms with Crippen LogP contribution in [0.4, 0.5) is 11.4 Å². The van der Waals surface area contributed by atoms with Crippen LogP contribution in [0.1, 0.15) is 42.1 Å². The number of carbonyl (C=O) groups excluding carboxylic acids is 1. The molecule has 32 heavy (non-hydrogen) atoms. The number of hydrogen-bond acceptors (Lipinski definition) is 6. The number of nitro benzene ring substituents is 1. The molecule has 1 saturated heterocycles. The summed E-state index contributed by atoms with van der Waals surface area (Å²) in [5.41, 5.74) is 1.41. The molecule has 1 atom stereocenters. The SMILES string of the molecule is COc1ccc(C(=O)N2CCc3ccc([N+](=O)[O-])cc32)cc1S(=O)(=O)N1CCCC[C@H]1C. The number of carbonyl (C=O) groups is 1. The Morgan fingerprint density at radius 1 is 1.16 bits per heavy atom. The predicted octanol–water partition coefficient (Wildman–Crippen LogP) is 3.37. The van der Waals surface area contributed by atoms with Gasteiger partial charge in [0.25, 0.3) is 11.6 Å². The molecular formula is C22H25N3O6S. The number of sulfonamides is 1. The van der Waals surface area contributed by atoms with E-state index in [1.54, 1.807) is 6.07 Å². The second-order valence-electron chi connectivity index (χ2n) is 8.10. The van der Waals surface area contributed by atoms with Crippen LogP contribution in [0.5, 0.6) is 5.75 Å². The minimum atomic E-state index is -3.86. The van der Waals surface area contributed by atoms with Crippen molar-refractivity contribution in [2.45, 2.75) is 43.5 Å². The van der Waals surface area contributed by atoms with Crippen LogP contribution in [0.3, 0.4) is 0 Å². The first-order chi connectivity index (χ1) is 15.2. The molecule has 0 bridgehead atoms. The van der Waals surface area contributed by atoms with E-state index in [9.17, 15) is 23.3 Å². The first kappa shape index (κ1) is 22.2. The van der Waals surface area contributed by atoms with Crippen molar-refractivity contribution in [3.05, 3.63) is 57.6 Å². The van der Waals surface area contributed by atoms with Gasteiger partial charge in [0.15, 0.2) is 0 Å². The Morgan fingerprint density at radius 2 is 1.94 bits per heavy atom. The van der Waals surface area contributed by atoms with Gasteiger partial charge in [-0.25, -0.2) is 8.42 Å². The molecule has 2 aliphatic rings. The summed E-state index contributed by atoms with van der Waals surface area (Å²) in [7, 11) is -2.47. The van der Waals surface area contributed by atoms with Crippen molar-refractivity contribution in [3.8, 4) is 5.75 Å². The van der Waals surface area contributed by atoms with Crippen LogP contribution in [0.25, 0.3) is 0 Å². The maximum atomic E-state index is 13.4. The van der Waals surface area contributed by atoms with Gasteiger partial charge in [-0.1, -0.05) is 12.5 Å². The lowest BCUT2D eigenvalue weighted by atomic mass is 10.1. The molecule has 0 saturated carbocycles. The van der Waals surface area contributed by atoms with Gasteiger partial charge in [0, 0.05) is 36.8 Å². The van der Waals surface area contributed by atoms with Gasteiger partial charge >= 0.3 is 0 Å². The second kappa shape index (κ2) is 8.51. The zero-order chi connectivity index (χ0) is 23.0. The van der Waals surface area contributed by atoms with E-state index in [-0.39, 0.29) is 27.9 Å². The highest BCUT2D eigenvalue weighted by atomic mass is 32.2. The molecule has 0 unspecified atom stereocenters. The van der Waals surface area contributed by atoms with Crippen molar-refractivity contribution in [2.75, 3.05) is 25.1 Å². The number of fused-ring (bicyclic) bond motifs is 1. The molecule has 2 aliphatic heterocycles. The number of anilines is 1. The maximum absolute atomic E-state index is 13.4. The Morgan fingerprint density at radius 3 is 2.62 bits per heavy atom. The third-order valence-corrected chi connectivity index (χ3v) is 8.19. The number of nitro groups is 1. The molecular weight excluding hydrogens is 434 g/mol. The first-order valence-electron chi connectivity index (χ1n) is 10.5. The monoisotopic (exact) mass is 459 g/mol. The van der Waals surface area contributed by atoms with Gasteiger partial charge < -0.3 is 9.64 Å². The molecule has 2 aromatic rings. The van der Waals surface area contributed by atoms with Gasteiger partial charge in [0.05, 0.1) is 17.7 Å². The number of ether oxygens (including phenoxy) is 1. The Bertz CT molecular complexity index is 1180. The van der Waals surface area contributed by atoms with Crippen LogP contribution in [0, 0.1) is 10.1 Å². The molecule has 0 N–H and O–H groups in total. The summed E-state index contributed by atoms with van der Waals surface area (Å²) >= 11 is 0. The molecule has 0 spiro atoms. The van der Waals surface area contributed by atoms with Crippen LogP contribution < -0.4 is 9.64 Å². The van der Waals surface area contributed by atoms with Gasteiger partial charge in [0.2, 0.25) is 10.0 Å². The minimum Gasteiger partial charge on any atom is -0.495 e. The number of amides is 1. The molecule has 9 nitrogen and oxygen atoms in total. The number of non-ortho nitro benzene ring substituents is 1. The van der Waals surface area contributed by atoms with Crippen LogP contribution in [0.2, 0.25) is 0 Å². The van der Waals surface area contributed by atoms with Gasteiger partial charge in [-0.2, -0.15) is 4.31 Å². The average molecular weight is 460 g/mol. The first-order valence-corrected chi connectivity index (χ1v) is 12.0. The normalized spacial score (nSPS) is 18.9. The highest BCUT2D eigenvalue weighted by Gasteiger charge is 2.34. The maximum Gasteiger partial charge on any atom is 0.271 e. The van der Waals surface area contributed by atoms with Gasteiger partial charge in [-0.3, -0.25) is 14.9 Å². The topological polar surface area (TPSA) is 110 Å². The van der Waals surface area contributed by atoms with Crippen molar-refractivity contribution in [3.63, 3.8) is 0 Å². The standard InChI is InChI=1S/C22H25N3O6S/c1-15-5-3-4-11-24(15)32(29,30)21-13-17(7-9-20(21)31-2)22(26)23-12-10-16-6-8-18(25(27)28)14-19(16)23/h6-9,13-15H,3-5,10-12H2,1-2H3/t15-/m1/s1. The van der Waals surface area contributed by atoms with E-state index >= 15 is 0 Å². The van der Waals surface area contributed by atoms with Gasteiger partial charge in [-0.15, -0.1) is 0 Å². The smallest absolute Gasteiger partial charge is 0.271 e. The molecule has 170 valence electrons. The number of rotatable bonds is 5. The molecule has 4 rings (SSSR count). The molecule has 0 radical (unpaired) electrons. The molecule has 2 heterocycles. The third-order valence-electron chi connectivity index (χ3n) is 6.16. The summed E-state index contributed by atoms with van der Waals surface area (Å²) in [5, 5.41) is 11.2. The summed E-state index contributed by atoms with van der Waals surface area (Å²) in [4.78, 5) is 25.4. The van der Waals surface area contributed by atoms with Crippen molar-refractivity contribution in [1.82, 2.24) is 4.31 Å². The van der Waals surface area contributed by atoms with Crippen LogP contribution in [0.15, 0.2) is 41.3 Å². The van der Waals surface area contributed by atoms with Crippen LogP contribution in [-0.4, -0.2) is 49.8 Å². The Balaban J connectivity index is 1.72. The Hall–Kier alpha value is -2.98. The second-order valence-corrected chi connectivity index (χ2v) is 9.96. The fourth-order valence-electron chi connectivity index (χ4n) is 4.41. The molecule has 0 aliphatic carbocycles. The number of methoxy groups -OCH3 is 1. The third kappa shape index (κ3) is 3.84. The summed E-state index contributed by atoms with van der Waals surface area (Å²) in [6.07, 6.45) is 3.12. The molecule has 2 aromatic carbocycles. The van der Waals surface area contributed by atoms with E-state index in [1.807, 2.05) is 6.92 Å². The van der Waals surface area contributed by atoms with Gasteiger partial charge in [0.1, 0.15) is 10.6 Å². The van der Waals surface area contributed by atoms with Crippen LogP contribution >= 0.6 is 0 Å². The lowest BCUT2D eigenvalue weighted by molar-refractivity contribution is -0.384. The average Bonchev–Trinajstić information content (AvgIpc) is 3.21. The zero-order valence-electron chi connectivity index (χ0n) is 18.0. The van der Waals surface area contributed by atoms with E-state index in [1.165, 1.54) is 46.6 Å². The fourth-order valence-corrected chi connectivity index (χ4v) is 6.30. The van der Waals surface area contributed by atoms with E-state index in [0.29, 0.717) is 25.2 Å². The van der Waals surface area contributed by atoms with E-state index in [2.05, 4.69) is 0 Å². The minimum absolute atomic E-state index is 0.0435. The molecule has 0 aromatic heterocycles. The summed E-state index contributed by atoms with van der Waals surface area (Å²) in [6.45, 7) is 2.67. The van der Waals surface area contributed by atoms with Crippen molar-refractivity contribution in [1.29, 1.82) is 0 Å². The number of piperidine rings is 1. The molecule has 10 heteroatoms. The van der Waals surface area contributed by atoms with Crippen molar-refractivity contribution >= 4 is 27.3 Å². The largest absolute Gasteiger partial charge is 0.495 e. The quantitative estimate of drug-likeness (QED) is 0.501. The zero-order valence-corrected chi connectivity index (χ0v) is 18.8. The Kier molecular flexibility index (Phi) is 5.91. The number of hydrogen-bond donors (Lipinski definition) is 0. The predicted molar refractivity (Wildman–Crippen MR) is 119 cm³/mol. The highest BCUT2D eigenvalue weighted by Crippen LogP contribution is 2.35. The highest BCUT2D eigenvalue weighted by molar-refractivity contribution is 7.89. The van der Waals surface area contributed by atoms with Crippen molar-refractivity contribution < 1.29 is 22.9 Å². The van der Waals surface area contributed by atoms with E-state index in [4.69, 9.17) is 4.74 Å². The number of nitrogens with zero attached hydrogens (tertiary/aromatic N) is 3. The van der Waals surface area contributed by atoms with Crippen LogP contribution in [-0.2, 0) is 16.4 Å². The molecule has 1 amide bonds. The fraction of sp³-hybridized carbons (Fsp3) is 0.409. The number of benzene rings is 2.